The fraction of sp³-hybridized carbons (Fsp3) is 0.143. The van der Waals surface area contributed by atoms with E-state index in [9.17, 15) is 0 Å². The van der Waals surface area contributed by atoms with Gasteiger partial charge in [0.25, 0.3) is 0 Å². The molecule has 0 spiro atoms. The van der Waals surface area contributed by atoms with Gasteiger partial charge in [-0.2, -0.15) is 0 Å². The van der Waals surface area contributed by atoms with E-state index in [2.05, 4.69) is 9.97 Å². The zero-order valence-electron chi connectivity index (χ0n) is 10.6. The number of nitrogens with zero attached hydrogens (tertiary/aromatic N) is 3. The van der Waals surface area contributed by atoms with Crippen LogP contribution in [0.5, 0.6) is 0 Å². The van der Waals surface area contributed by atoms with Crippen LogP contribution in [0.25, 0.3) is 10.9 Å². The Balaban J connectivity index is 2.01. The molecule has 0 saturated heterocycles. The van der Waals surface area contributed by atoms with E-state index < -0.39 is 0 Å². The van der Waals surface area contributed by atoms with E-state index in [0.717, 1.165) is 22.5 Å². The lowest BCUT2D eigenvalue weighted by Crippen LogP contribution is -2.17. The summed E-state index contributed by atoms with van der Waals surface area (Å²) >= 11 is 0. The minimum absolute atomic E-state index is 0.647. The van der Waals surface area contributed by atoms with Crippen molar-refractivity contribution in [2.45, 2.75) is 6.54 Å². The van der Waals surface area contributed by atoms with Crippen LogP contribution in [0.15, 0.2) is 47.3 Å². The second-order valence-electron chi connectivity index (χ2n) is 4.41. The fourth-order valence-electron chi connectivity index (χ4n) is 2.08. The number of hydrogen-bond acceptors (Lipinski definition) is 5. The van der Waals surface area contributed by atoms with Gasteiger partial charge in [0.05, 0.1) is 18.3 Å². The van der Waals surface area contributed by atoms with E-state index in [1.807, 2.05) is 42.3 Å². The summed E-state index contributed by atoms with van der Waals surface area (Å²) in [4.78, 5) is 10.6. The minimum atomic E-state index is 0.647. The third-order valence-electron chi connectivity index (χ3n) is 2.97. The molecule has 2 heterocycles. The molecule has 0 unspecified atom stereocenters. The zero-order valence-corrected chi connectivity index (χ0v) is 10.6. The van der Waals surface area contributed by atoms with Crippen molar-refractivity contribution >= 4 is 22.4 Å². The molecule has 2 aromatic heterocycles. The maximum absolute atomic E-state index is 5.84. The molecule has 0 radical (unpaired) electrons. The average Bonchev–Trinajstić information content (AvgIpc) is 2.90. The normalized spacial score (nSPS) is 10.8. The molecular formula is C14H14N4O. The van der Waals surface area contributed by atoms with Gasteiger partial charge in [-0.15, -0.1) is 0 Å². The first-order valence-corrected chi connectivity index (χ1v) is 5.98. The lowest BCUT2D eigenvalue weighted by atomic mass is 10.2. The van der Waals surface area contributed by atoms with Crippen molar-refractivity contribution in [2.75, 3.05) is 17.7 Å². The van der Waals surface area contributed by atoms with Crippen LogP contribution in [0.1, 0.15) is 5.76 Å². The second kappa shape index (κ2) is 4.61. The second-order valence-corrected chi connectivity index (χ2v) is 4.41. The molecule has 0 amide bonds. The highest BCUT2D eigenvalue weighted by molar-refractivity contribution is 5.91. The molecule has 0 saturated carbocycles. The Kier molecular flexibility index (Phi) is 2.79. The van der Waals surface area contributed by atoms with E-state index in [1.165, 1.54) is 0 Å². The van der Waals surface area contributed by atoms with Gasteiger partial charge in [-0.1, -0.05) is 0 Å². The van der Waals surface area contributed by atoms with Gasteiger partial charge < -0.3 is 15.1 Å². The van der Waals surface area contributed by atoms with Crippen LogP contribution >= 0.6 is 0 Å². The van der Waals surface area contributed by atoms with Gasteiger partial charge in [-0.05, 0) is 30.3 Å². The predicted octanol–water partition coefficient (Wildman–Crippen LogP) is 2.44. The summed E-state index contributed by atoms with van der Waals surface area (Å²) in [6.45, 7) is 0.647. The van der Waals surface area contributed by atoms with Crippen LogP contribution < -0.4 is 10.6 Å². The molecule has 0 aliphatic heterocycles. The molecule has 5 heteroatoms. The number of furan rings is 1. The summed E-state index contributed by atoms with van der Waals surface area (Å²) in [5.41, 5.74) is 7.42. The van der Waals surface area contributed by atoms with Gasteiger partial charge in [0.15, 0.2) is 0 Å². The highest BCUT2D eigenvalue weighted by atomic mass is 16.3. The highest BCUT2D eigenvalue weighted by Crippen LogP contribution is 2.25. The van der Waals surface area contributed by atoms with Crippen molar-refractivity contribution < 1.29 is 4.42 Å². The third-order valence-corrected chi connectivity index (χ3v) is 2.97. The predicted molar refractivity (Wildman–Crippen MR) is 74.8 cm³/mol. The van der Waals surface area contributed by atoms with E-state index in [-0.39, 0.29) is 0 Å². The Morgan fingerprint density at radius 2 is 2.16 bits per heavy atom. The maximum Gasteiger partial charge on any atom is 0.140 e. The maximum atomic E-state index is 5.84. The van der Waals surface area contributed by atoms with Crippen LogP contribution in [0.2, 0.25) is 0 Å². The van der Waals surface area contributed by atoms with Gasteiger partial charge in [-0.25, -0.2) is 9.97 Å². The van der Waals surface area contributed by atoms with Crippen molar-refractivity contribution in [1.29, 1.82) is 0 Å². The molecule has 19 heavy (non-hydrogen) atoms. The van der Waals surface area contributed by atoms with E-state index in [1.54, 1.807) is 12.6 Å². The Bertz CT molecular complexity index is 694. The Morgan fingerprint density at radius 3 is 2.95 bits per heavy atom. The van der Waals surface area contributed by atoms with Gasteiger partial charge >= 0.3 is 0 Å². The molecule has 0 fully saturated rings. The van der Waals surface area contributed by atoms with E-state index in [4.69, 9.17) is 10.2 Å². The summed E-state index contributed by atoms with van der Waals surface area (Å²) in [6.07, 6.45) is 3.23. The monoisotopic (exact) mass is 254 g/mol. The minimum Gasteiger partial charge on any atom is -0.467 e. The lowest BCUT2D eigenvalue weighted by molar-refractivity contribution is 0.507. The Morgan fingerprint density at radius 1 is 1.26 bits per heavy atom. The van der Waals surface area contributed by atoms with Gasteiger partial charge in [0.2, 0.25) is 0 Å². The smallest absolute Gasteiger partial charge is 0.140 e. The quantitative estimate of drug-likeness (QED) is 0.727. The molecule has 3 aromatic rings. The Labute approximate surface area is 110 Å². The standard InChI is InChI=1S/C14H14N4O/c1-18(8-11-3-2-6-19-11)14-12-7-10(15)4-5-13(12)16-9-17-14/h2-7,9H,8,15H2,1H3. The van der Waals surface area contributed by atoms with Crippen molar-refractivity contribution in [2.24, 2.45) is 0 Å². The van der Waals surface area contributed by atoms with Crippen LogP contribution in [0.4, 0.5) is 11.5 Å². The molecule has 1 aromatic carbocycles. The number of nitrogen functional groups attached to an aromatic ring is 1. The van der Waals surface area contributed by atoms with Gasteiger partial charge in [-0.3, -0.25) is 0 Å². The largest absolute Gasteiger partial charge is 0.467 e. The summed E-state index contributed by atoms with van der Waals surface area (Å²) in [6, 6.07) is 9.44. The number of hydrogen-bond donors (Lipinski definition) is 1. The summed E-state index contributed by atoms with van der Waals surface area (Å²) < 4.78 is 5.35. The van der Waals surface area contributed by atoms with Crippen LogP contribution in [0, 0.1) is 0 Å². The van der Waals surface area contributed by atoms with Gasteiger partial charge in [0, 0.05) is 18.1 Å². The summed E-state index contributed by atoms with van der Waals surface area (Å²) in [5.74, 6) is 1.73. The topological polar surface area (TPSA) is 68.2 Å². The van der Waals surface area contributed by atoms with Crippen molar-refractivity contribution in [3.05, 3.63) is 48.7 Å². The molecule has 0 bridgehead atoms. The molecule has 5 nitrogen and oxygen atoms in total. The number of rotatable bonds is 3. The van der Waals surface area contributed by atoms with E-state index >= 15 is 0 Å². The third kappa shape index (κ3) is 2.22. The number of anilines is 2. The zero-order chi connectivity index (χ0) is 13.2. The molecule has 96 valence electrons. The highest BCUT2D eigenvalue weighted by Gasteiger charge is 2.10. The molecule has 0 aliphatic carbocycles. The first-order valence-electron chi connectivity index (χ1n) is 5.98. The first kappa shape index (κ1) is 11.5. The molecule has 0 aliphatic rings. The summed E-state index contributed by atoms with van der Waals surface area (Å²) in [7, 11) is 1.97. The molecular weight excluding hydrogens is 240 g/mol. The lowest BCUT2D eigenvalue weighted by Gasteiger charge is -2.18. The first-order chi connectivity index (χ1) is 9.24. The molecule has 3 rings (SSSR count). The van der Waals surface area contributed by atoms with Gasteiger partial charge in [0.1, 0.15) is 17.9 Å². The number of nitrogens with two attached hydrogens (primary N) is 1. The van der Waals surface area contributed by atoms with Crippen LogP contribution in [-0.4, -0.2) is 17.0 Å². The van der Waals surface area contributed by atoms with Crippen molar-refractivity contribution in [1.82, 2.24) is 9.97 Å². The number of aromatic nitrogens is 2. The molecule has 0 atom stereocenters. The molecule has 2 N–H and O–H groups in total. The number of benzene rings is 1. The number of fused-ring (bicyclic) bond motifs is 1. The summed E-state index contributed by atoms with van der Waals surface area (Å²) in [5, 5.41) is 0.941. The average molecular weight is 254 g/mol. The van der Waals surface area contributed by atoms with E-state index in [0.29, 0.717) is 12.2 Å². The van der Waals surface area contributed by atoms with Crippen LogP contribution in [-0.2, 0) is 6.54 Å². The SMILES string of the molecule is CN(Cc1ccco1)c1ncnc2ccc(N)cc12. The van der Waals surface area contributed by atoms with Crippen LogP contribution in [0.3, 0.4) is 0 Å². The Hall–Kier alpha value is -2.56. The fourth-order valence-corrected chi connectivity index (χ4v) is 2.08. The van der Waals surface area contributed by atoms with Crippen molar-refractivity contribution in [3.8, 4) is 0 Å². The van der Waals surface area contributed by atoms with Crippen molar-refractivity contribution in [3.63, 3.8) is 0 Å².